The topological polar surface area (TPSA) is 89.8 Å². The maximum Gasteiger partial charge on any atom is 0.259 e. The van der Waals surface area contributed by atoms with Crippen molar-refractivity contribution in [2.24, 2.45) is 0 Å². The Balaban J connectivity index is 1.91. The van der Waals surface area contributed by atoms with Crippen LogP contribution in [0.4, 0.5) is 5.69 Å². The lowest BCUT2D eigenvalue weighted by Gasteiger charge is -2.12. The summed E-state index contributed by atoms with van der Waals surface area (Å²) in [4.78, 5) is 25.3. The Hall–Kier alpha value is -3.32. The van der Waals surface area contributed by atoms with Crippen molar-refractivity contribution in [1.82, 2.24) is 4.57 Å². The van der Waals surface area contributed by atoms with E-state index in [0.717, 1.165) is 0 Å². The lowest BCUT2D eigenvalue weighted by molar-refractivity contribution is 0.102. The number of aromatic hydroxyl groups is 1. The van der Waals surface area contributed by atoms with Crippen LogP contribution in [0.2, 0.25) is 0 Å². The Kier molecular flexibility index (Phi) is 5.96. The SMILES string of the molecule is CCOc1ccc(C(=O)Nc2cccc3c(=O)n(CCOC)ccc23)c(O)c1. The molecule has 28 heavy (non-hydrogen) atoms. The highest BCUT2D eigenvalue weighted by molar-refractivity contribution is 6.10. The predicted octanol–water partition coefficient (Wildman–Crippen LogP) is 3.00. The van der Waals surface area contributed by atoms with Crippen LogP contribution in [0, 0.1) is 0 Å². The second kappa shape index (κ2) is 8.58. The Morgan fingerprint density at radius 3 is 2.71 bits per heavy atom. The number of carbonyl (C=O) groups is 1. The Bertz CT molecular complexity index is 1060. The van der Waals surface area contributed by atoms with Gasteiger partial charge in [-0.2, -0.15) is 0 Å². The molecule has 0 saturated carbocycles. The summed E-state index contributed by atoms with van der Waals surface area (Å²) in [6, 6.07) is 11.4. The number of hydrogen-bond donors (Lipinski definition) is 2. The van der Waals surface area contributed by atoms with Crippen LogP contribution in [-0.2, 0) is 11.3 Å². The number of pyridine rings is 1. The number of nitrogens with one attached hydrogen (secondary N) is 1. The zero-order valence-electron chi connectivity index (χ0n) is 15.8. The predicted molar refractivity (Wildman–Crippen MR) is 107 cm³/mol. The van der Waals surface area contributed by atoms with Gasteiger partial charge in [-0.1, -0.05) is 6.07 Å². The molecule has 0 aliphatic rings. The lowest BCUT2D eigenvalue weighted by Crippen LogP contribution is -2.22. The maximum absolute atomic E-state index is 12.6. The van der Waals surface area contributed by atoms with E-state index >= 15 is 0 Å². The monoisotopic (exact) mass is 382 g/mol. The van der Waals surface area contributed by atoms with Crippen LogP contribution in [0.1, 0.15) is 17.3 Å². The summed E-state index contributed by atoms with van der Waals surface area (Å²) in [5, 5.41) is 14.0. The van der Waals surface area contributed by atoms with Crippen molar-refractivity contribution in [2.75, 3.05) is 25.6 Å². The summed E-state index contributed by atoms with van der Waals surface area (Å²) < 4.78 is 11.9. The quantitative estimate of drug-likeness (QED) is 0.656. The first-order chi connectivity index (χ1) is 13.5. The molecule has 7 heteroatoms. The Morgan fingerprint density at radius 1 is 1.18 bits per heavy atom. The fourth-order valence-electron chi connectivity index (χ4n) is 2.94. The number of nitrogens with zero attached hydrogens (tertiary/aromatic N) is 1. The number of methoxy groups -OCH3 is 1. The molecule has 0 fully saturated rings. The number of rotatable bonds is 7. The third kappa shape index (κ3) is 3.99. The summed E-state index contributed by atoms with van der Waals surface area (Å²) >= 11 is 0. The first-order valence-corrected chi connectivity index (χ1v) is 8.93. The van der Waals surface area contributed by atoms with Crippen LogP contribution < -0.4 is 15.6 Å². The van der Waals surface area contributed by atoms with E-state index in [1.54, 1.807) is 48.2 Å². The van der Waals surface area contributed by atoms with Gasteiger partial charge in [0.1, 0.15) is 11.5 Å². The van der Waals surface area contributed by atoms with E-state index in [1.165, 1.54) is 12.1 Å². The second-order valence-electron chi connectivity index (χ2n) is 6.14. The van der Waals surface area contributed by atoms with Crippen LogP contribution in [0.25, 0.3) is 10.8 Å². The van der Waals surface area contributed by atoms with Gasteiger partial charge in [0.2, 0.25) is 0 Å². The zero-order chi connectivity index (χ0) is 20.1. The molecule has 7 nitrogen and oxygen atoms in total. The zero-order valence-corrected chi connectivity index (χ0v) is 15.8. The van der Waals surface area contributed by atoms with Gasteiger partial charge in [-0.15, -0.1) is 0 Å². The number of amides is 1. The molecule has 0 aliphatic heterocycles. The highest BCUT2D eigenvalue weighted by atomic mass is 16.5. The lowest BCUT2D eigenvalue weighted by atomic mass is 10.1. The van der Waals surface area contributed by atoms with Crippen molar-refractivity contribution in [2.45, 2.75) is 13.5 Å². The van der Waals surface area contributed by atoms with E-state index in [2.05, 4.69) is 5.32 Å². The van der Waals surface area contributed by atoms with Crippen molar-refractivity contribution in [1.29, 1.82) is 0 Å². The van der Waals surface area contributed by atoms with E-state index in [4.69, 9.17) is 9.47 Å². The molecule has 2 aromatic carbocycles. The first-order valence-electron chi connectivity index (χ1n) is 8.93. The summed E-state index contributed by atoms with van der Waals surface area (Å²) in [5.74, 6) is -0.166. The van der Waals surface area contributed by atoms with E-state index < -0.39 is 5.91 Å². The van der Waals surface area contributed by atoms with Crippen LogP contribution >= 0.6 is 0 Å². The van der Waals surface area contributed by atoms with Gasteiger partial charge in [0.25, 0.3) is 11.5 Å². The van der Waals surface area contributed by atoms with Crippen LogP contribution in [0.3, 0.4) is 0 Å². The molecule has 2 N–H and O–H groups in total. The number of aromatic nitrogens is 1. The maximum atomic E-state index is 12.6. The number of phenolic OH excluding ortho intramolecular Hbond substituents is 1. The number of carbonyl (C=O) groups excluding carboxylic acids is 1. The fraction of sp³-hybridized carbons (Fsp3) is 0.238. The summed E-state index contributed by atoms with van der Waals surface area (Å²) in [7, 11) is 1.58. The average molecular weight is 382 g/mol. The number of benzene rings is 2. The van der Waals surface area contributed by atoms with Crippen molar-refractivity contribution < 1.29 is 19.4 Å². The molecule has 3 rings (SSSR count). The minimum absolute atomic E-state index is 0.119. The Labute approximate surface area is 162 Å². The van der Waals surface area contributed by atoms with E-state index in [0.29, 0.717) is 42.0 Å². The van der Waals surface area contributed by atoms with Gasteiger partial charge in [0, 0.05) is 42.4 Å². The molecule has 1 amide bonds. The molecule has 0 spiro atoms. The largest absolute Gasteiger partial charge is 0.507 e. The molecule has 146 valence electrons. The van der Waals surface area contributed by atoms with Gasteiger partial charge >= 0.3 is 0 Å². The molecule has 3 aromatic rings. The van der Waals surface area contributed by atoms with Gasteiger partial charge in [-0.05, 0) is 37.3 Å². The summed E-state index contributed by atoms with van der Waals surface area (Å²) in [6.45, 7) is 3.17. The Morgan fingerprint density at radius 2 is 2.00 bits per heavy atom. The third-order valence-corrected chi connectivity index (χ3v) is 4.33. The van der Waals surface area contributed by atoms with E-state index in [9.17, 15) is 14.7 Å². The molecule has 0 atom stereocenters. The summed E-state index contributed by atoms with van der Waals surface area (Å²) in [6.07, 6.45) is 1.67. The van der Waals surface area contributed by atoms with Crippen LogP contribution in [0.15, 0.2) is 53.5 Å². The number of phenols is 1. The first kappa shape index (κ1) is 19.4. The third-order valence-electron chi connectivity index (χ3n) is 4.33. The van der Waals surface area contributed by atoms with Gasteiger partial charge in [-0.25, -0.2) is 0 Å². The normalized spacial score (nSPS) is 10.8. The number of anilines is 1. The van der Waals surface area contributed by atoms with Crippen molar-refractivity contribution >= 4 is 22.4 Å². The fourth-order valence-corrected chi connectivity index (χ4v) is 2.94. The molecule has 0 radical (unpaired) electrons. The molecule has 0 unspecified atom stereocenters. The molecule has 1 aromatic heterocycles. The van der Waals surface area contributed by atoms with E-state index in [1.807, 2.05) is 6.92 Å². The second-order valence-corrected chi connectivity index (χ2v) is 6.14. The molecule has 0 aliphatic carbocycles. The smallest absolute Gasteiger partial charge is 0.259 e. The molecule has 0 bridgehead atoms. The highest BCUT2D eigenvalue weighted by Gasteiger charge is 2.14. The number of fused-ring (bicyclic) bond motifs is 1. The van der Waals surface area contributed by atoms with Gasteiger partial charge in [0.15, 0.2) is 0 Å². The number of hydrogen-bond acceptors (Lipinski definition) is 5. The minimum Gasteiger partial charge on any atom is -0.507 e. The van der Waals surface area contributed by atoms with Crippen molar-refractivity contribution in [3.63, 3.8) is 0 Å². The molecule has 0 saturated heterocycles. The highest BCUT2D eigenvalue weighted by Crippen LogP contribution is 2.26. The standard InChI is InChI=1S/C21H22N2O5/c1-3-28-14-7-8-17(19(24)13-14)20(25)22-18-6-4-5-16-15(18)9-10-23(21(16)26)11-12-27-2/h4-10,13,24H,3,11-12H2,1-2H3,(H,22,25). The average Bonchev–Trinajstić information content (AvgIpc) is 2.68. The van der Waals surface area contributed by atoms with Crippen molar-refractivity contribution in [3.05, 3.63) is 64.6 Å². The van der Waals surface area contributed by atoms with Crippen LogP contribution in [-0.4, -0.2) is 35.9 Å². The molecular formula is C21H22N2O5. The van der Waals surface area contributed by atoms with Gasteiger partial charge in [-0.3, -0.25) is 9.59 Å². The van der Waals surface area contributed by atoms with Crippen molar-refractivity contribution in [3.8, 4) is 11.5 Å². The minimum atomic E-state index is -0.475. The van der Waals surface area contributed by atoms with Crippen LogP contribution in [0.5, 0.6) is 11.5 Å². The summed E-state index contributed by atoms with van der Waals surface area (Å²) in [5.41, 5.74) is 0.454. The van der Waals surface area contributed by atoms with E-state index in [-0.39, 0.29) is 16.9 Å². The van der Waals surface area contributed by atoms with Gasteiger partial charge in [0.05, 0.1) is 18.8 Å². The molecule has 1 heterocycles. The number of ether oxygens (including phenoxy) is 2. The van der Waals surface area contributed by atoms with Gasteiger partial charge < -0.3 is 24.5 Å². The molecular weight excluding hydrogens is 360 g/mol.